The molecule has 1 heterocycles. The highest BCUT2D eigenvalue weighted by Gasteiger charge is 2.03. The number of hydrogen-bond donors (Lipinski definition) is 2. The van der Waals surface area contributed by atoms with Crippen LogP contribution in [0.15, 0.2) is 59.4 Å². The Labute approximate surface area is 109 Å². The summed E-state index contributed by atoms with van der Waals surface area (Å²) >= 11 is 0. The lowest BCUT2D eigenvalue weighted by Crippen LogP contribution is -1.81. The Kier molecular flexibility index (Phi) is 2.84. The highest BCUT2D eigenvalue weighted by atomic mass is 32.2. The second-order valence-electron chi connectivity index (χ2n) is 4.01. The summed E-state index contributed by atoms with van der Waals surface area (Å²) in [6.45, 7) is 0. The van der Waals surface area contributed by atoms with E-state index in [4.69, 9.17) is 0 Å². The van der Waals surface area contributed by atoms with Crippen molar-refractivity contribution in [3.8, 4) is 16.9 Å². The van der Waals surface area contributed by atoms with Gasteiger partial charge in [0.1, 0.15) is 5.75 Å². The Morgan fingerprint density at radius 3 is 2.56 bits per heavy atom. The van der Waals surface area contributed by atoms with Crippen LogP contribution in [0, 0.1) is 11.2 Å². The van der Waals surface area contributed by atoms with E-state index in [1.807, 2.05) is 42.5 Å². The Bertz CT molecular complexity index is 705. The molecule has 0 saturated carbocycles. The van der Waals surface area contributed by atoms with Crippen LogP contribution in [-0.4, -0.2) is 5.11 Å². The smallest absolute Gasteiger partial charge is 0.131 e. The molecule has 88 valence electrons. The molecule has 0 saturated heterocycles. The lowest BCUT2D eigenvalue weighted by molar-refractivity contribution is 0.474. The Balaban J connectivity index is 2.12. The fourth-order valence-electron chi connectivity index (χ4n) is 1.92. The van der Waals surface area contributed by atoms with Gasteiger partial charge < -0.3 is 5.11 Å². The van der Waals surface area contributed by atoms with Gasteiger partial charge in [0.15, 0.2) is 0 Å². The number of hydrogen-bond acceptors (Lipinski definition) is 1. The summed E-state index contributed by atoms with van der Waals surface area (Å²) in [6, 6.07) is 11.6. The van der Waals surface area contributed by atoms with E-state index in [0.29, 0.717) is 0 Å². The van der Waals surface area contributed by atoms with E-state index < -0.39 is 10.9 Å². The van der Waals surface area contributed by atoms with Gasteiger partial charge in [0.05, 0.1) is 5.56 Å². The maximum atomic E-state index is 9.95. The van der Waals surface area contributed by atoms with Crippen molar-refractivity contribution in [3.05, 3.63) is 64.9 Å². The van der Waals surface area contributed by atoms with E-state index in [1.54, 1.807) is 6.07 Å². The molecule has 0 spiro atoms. The maximum absolute atomic E-state index is 9.95. The molecule has 1 N–H and O–H groups in total. The number of phenolic OH excluding ortho intramolecular Hbond substituents is 1. The number of aromatic hydroxyl groups is 1. The Morgan fingerprint density at radius 1 is 0.944 bits per heavy atom. The maximum Gasteiger partial charge on any atom is 0.131 e. The number of thiol groups is 1. The first-order valence-electron chi connectivity index (χ1n) is 5.70. The SMILES string of the molecule is Oc1ccc2ccccc2c1C#C[SH]1C=CC=C1. The number of fused-ring (bicyclic) bond motifs is 1. The molecule has 0 radical (unpaired) electrons. The van der Waals surface area contributed by atoms with Gasteiger partial charge in [0.25, 0.3) is 0 Å². The van der Waals surface area contributed by atoms with E-state index in [0.717, 1.165) is 16.3 Å². The van der Waals surface area contributed by atoms with E-state index in [1.165, 1.54) is 0 Å². The molecule has 2 aromatic carbocycles. The molecule has 0 atom stereocenters. The lowest BCUT2D eigenvalue weighted by atomic mass is 10.0. The minimum absolute atomic E-state index is 0.253. The third-order valence-electron chi connectivity index (χ3n) is 2.82. The molecule has 0 fully saturated rings. The highest BCUT2D eigenvalue weighted by Crippen LogP contribution is 2.32. The Hall–Kier alpha value is -2.11. The molecule has 0 bridgehead atoms. The fraction of sp³-hybridized carbons (Fsp3) is 0. The molecule has 3 rings (SSSR count). The van der Waals surface area contributed by atoms with Crippen LogP contribution in [0.1, 0.15) is 5.56 Å². The van der Waals surface area contributed by atoms with Crippen molar-refractivity contribution in [1.29, 1.82) is 0 Å². The van der Waals surface area contributed by atoms with Crippen molar-refractivity contribution in [2.75, 3.05) is 0 Å². The molecule has 18 heavy (non-hydrogen) atoms. The number of benzene rings is 2. The monoisotopic (exact) mass is 252 g/mol. The van der Waals surface area contributed by atoms with E-state index in [9.17, 15) is 5.11 Å². The normalized spacial score (nSPS) is 14.8. The van der Waals surface area contributed by atoms with Gasteiger partial charge in [0, 0.05) is 5.39 Å². The summed E-state index contributed by atoms with van der Waals surface area (Å²) in [7, 11) is -0.470. The van der Waals surface area contributed by atoms with Gasteiger partial charge >= 0.3 is 0 Å². The van der Waals surface area contributed by atoms with E-state index >= 15 is 0 Å². The third-order valence-corrected chi connectivity index (χ3v) is 4.18. The van der Waals surface area contributed by atoms with Crippen LogP contribution in [0.4, 0.5) is 0 Å². The summed E-state index contributed by atoms with van der Waals surface area (Å²) in [6.07, 6.45) is 4.03. The van der Waals surface area contributed by atoms with Gasteiger partial charge in [-0.25, -0.2) is 0 Å². The van der Waals surface area contributed by atoms with Crippen molar-refractivity contribution in [2.45, 2.75) is 0 Å². The minimum atomic E-state index is -0.470. The summed E-state index contributed by atoms with van der Waals surface area (Å²) in [4.78, 5) is 0. The van der Waals surface area contributed by atoms with Crippen molar-refractivity contribution < 1.29 is 5.11 Å². The molecule has 0 amide bonds. The third kappa shape index (κ3) is 2.01. The average molecular weight is 252 g/mol. The first kappa shape index (κ1) is 11.0. The second kappa shape index (κ2) is 4.64. The minimum Gasteiger partial charge on any atom is -0.507 e. The van der Waals surface area contributed by atoms with Gasteiger partial charge in [-0.05, 0) is 27.5 Å². The highest BCUT2D eigenvalue weighted by molar-refractivity contribution is 8.26. The molecule has 0 aliphatic carbocycles. The summed E-state index contributed by atoms with van der Waals surface area (Å²) in [5.74, 6) is 3.38. The van der Waals surface area contributed by atoms with Crippen LogP contribution in [0.5, 0.6) is 5.75 Å². The molecule has 0 unspecified atom stereocenters. The summed E-state index contributed by atoms with van der Waals surface area (Å²) < 4.78 is 0. The van der Waals surface area contributed by atoms with Gasteiger partial charge in [-0.15, -0.1) is 10.9 Å². The van der Waals surface area contributed by atoms with Gasteiger partial charge in [0.2, 0.25) is 0 Å². The van der Waals surface area contributed by atoms with Gasteiger partial charge in [-0.1, -0.05) is 48.4 Å². The summed E-state index contributed by atoms with van der Waals surface area (Å²) in [5.41, 5.74) is 0.726. The predicted octanol–water partition coefficient (Wildman–Crippen LogP) is 3.90. The van der Waals surface area contributed by atoms with Crippen LogP contribution >= 0.6 is 10.9 Å². The van der Waals surface area contributed by atoms with Crippen molar-refractivity contribution >= 4 is 21.7 Å². The van der Waals surface area contributed by atoms with E-state index in [2.05, 4.69) is 22.0 Å². The topological polar surface area (TPSA) is 20.2 Å². The standard InChI is InChI=1S/C16H12OS/c17-16-8-7-13-5-1-2-6-14(13)15(16)9-12-18-10-3-4-11-18/h1-8,10-11,17-18H. The molecular weight excluding hydrogens is 240 g/mol. The number of phenols is 1. The van der Waals surface area contributed by atoms with Crippen molar-refractivity contribution in [2.24, 2.45) is 0 Å². The Morgan fingerprint density at radius 2 is 1.72 bits per heavy atom. The molecule has 0 aromatic heterocycles. The molecule has 1 aliphatic heterocycles. The molecule has 2 heteroatoms. The largest absolute Gasteiger partial charge is 0.507 e. The molecule has 1 nitrogen and oxygen atoms in total. The van der Waals surface area contributed by atoms with Gasteiger partial charge in [-0.2, -0.15) is 0 Å². The quantitative estimate of drug-likeness (QED) is 0.538. The van der Waals surface area contributed by atoms with Crippen molar-refractivity contribution in [1.82, 2.24) is 0 Å². The van der Waals surface area contributed by atoms with Crippen LogP contribution < -0.4 is 0 Å². The summed E-state index contributed by atoms with van der Waals surface area (Å²) in [5, 5.41) is 19.5. The van der Waals surface area contributed by atoms with E-state index in [-0.39, 0.29) is 5.75 Å². The van der Waals surface area contributed by atoms with Crippen LogP contribution in [0.25, 0.3) is 10.8 Å². The van der Waals surface area contributed by atoms with Crippen molar-refractivity contribution in [3.63, 3.8) is 0 Å². The zero-order valence-electron chi connectivity index (χ0n) is 9.67. The first-order valence-corrected chi connectivity index (χ1v) is 7.18. The second-order valence-corrected chi connectivity index (χ2v) is 5.64. The lowest BCUT2D eigenvalue weighted by Gasteiger charge is -2.03. The average Bonchev–Trinajstić information content (AvgIpc) is 2.91. The molecule has 1 aliphatic rings. The molecule has 2 aromatic rings. The van der Waals surface area contributed by atoms with Gasteiger partial charge in [-0.3, -0.25) is 0 Å². The molecular formula is C16H12OS. The zero-order valence-corrected chi connectivity index (χ0v) is 10.6. The van der Waals surface area contributed by atoms with Crippen LogP contribution in [0.2, 0.25) is 0 Å². The van der Waals surface area contributed by atoms with Crippen LogP contribution in [0.3, 0.4) is 0 Å². The van der Waals surface area contributed by atoms with Crippen LogP contribution in [-0.2, 0) is 0 Å². The zero-order chi connectivity index (χ0) is 12.4. The number of allylic oxidation sites excluding steroid dienone is 2. The predicted molar refractivity (Wildman–Crippen MR) is 79.8 cm³/mol. The number of rotatable bonds is 0. The fourth-order valence-corrected chi connectivity index (χ4v) is 2.98. The first-order chi connectivity index (χ1) is 8.84.